The van der Waals surface area contributed by atoms with Gasteiger partial charge in [0.1, 0.15) is 30.0 Å². The molecule has 8 heteroatoms. The zero-order valence-corrected chi connectivity index (χ0v) is 12.8. The Labute approximate surface area is 136 Å². The van der Waals surface area contributed by atoms with Gasteiger partial charge in [-0.3, -0.25) is 4.79 Å². The van der Waals surface area contributed by atoms with Gasteiger partial charge in [0.15, 0.2) is 5.43 Å². The molecule has 0 bridgehead atoms. The normalized spacial score (nSPS) is 30.5. The van der Waals surface area contributed by atoms with Gasteiger partial charge in [0.2, 0.25) is 6.29 Å². The first-order valence-corrected chi connectivity index (χ1v) is 7.43. The monoisotopic (exact) mass is 338 g/mol. The minimum Gasteiger partial charge on any atom is -0.432 e. The Hall–Kier alpha value is -1.97. The van der Waals surface area contributed by atoms with Crippen LogP contribution in [0.2, 0.25) is 0 Å². The molecule has 24 heavy (non-hydrogen) atoms. The van der Waals surface area contributed by atoms with Crippen molar-refractivity contribution in [3.05, 3.63) is 40.1 Å². The molecule has 1 fully saturated rings. The fourth-order valence-corrected chi connectivity index (χ4v) is 2.70. The summed E-state index contributed by atoms with van der Waals surface area (Å²) in [5.74, 6) is -0.206. The van der Waals surface area contributed by atoms with E-state index >= 15 is 0 Å². The highest BCUT2D eigenvalue weighted by Crippen LogP contribution is 2.26. The van der Waals surface area contributed by atoms with Crippen LogP contribution in [0.5, 0.6) is 5.95 Å². The van der Waals surface area contributed by atoms with Gasteiger partial charge < -0.3 is 34.3 Å². The summed E-state index contributed by atoms with van der Waals surface area (Å²) in [6, 6.07) is 6.20. The minimum atomic E-state index is -1.58. The van der Waals surface area contributed by atoms with Crippen molar-refractivity contribution in [1.29, 1.82) is 0 Å². The summed E-state index contributed by atoms with van der Waals surface area (Å²) in [6.07, 6.45) is -7.17. The van der Waals surface area contributed by atoms with Crippen LogP contribution in [-0.4, -0.2) is 57.7 Å². The standard InChI is InChI=1S/C16H18O8/c1-7-3-2-4-9-12(7)8(18)5-11(22-9)24-16-15(21)14(20)13(19)10(6-17)23-16/h2-5,10,13-17,19-21H,6H2,1H3. The Kier molecular flexibility index (Phi) is 4.57. The fourth-order valence-electron chi connectivity index (χ4n) is 2.70. The molecule has 1 aromatic carbocycles. The zero-order valence-electron chi connectivity index (χ0n) is 12.8. The van der Waals surface area contributed by atoms with E-state index in [1.54, 1.807) is 25.1 Å². The van der Waals surface area contributed by atoms with E-state index < -0.39 is 37.3 Å². The van der Waals surface area contributed by atoms with Crippen molar-refractivity contribution in [2.75, 3.05) is 6.61 Å². The summed E-state index contributed by atoms with van der Waals surface area (Å²) in [7, 11) is 0. The number of fused-ring (bicyclic) bond motifs is 1. The van der Waals surface area contributed by atoms with Crippen LogP contribution in [0, 0.1) is 6.92 Å². The average molecular weight is 338 g/mol. The third kappa shape index (κ3) is 2.90. The molecule has 1 aliphatic heterocycles. The predicted molar refractivity (Wildman–Crippen MR) is 81.6 cm³/mol. The van der Waals surface area contributed by atoms with Crippen LogP contribution in [0.4, 0.5) is 0 Å². The predicted octanol–water partition coefficient (Wildman–Crippen LogP) is -0.720. The molecule has 0 saturated carbocycles. The smallest absolute Gasteiger partial charge is 0.291 e. The first-order chi connectivity index (χ1) is 11.4. The summed E-state index contributed by atoms with van der Waals surface area (Å²) in [5.41, 5.74) is 0.733. The third-order valence-corrected chi connectivity index (χ3v) is 4.02. The second-order valence-electron chi connectivity index (χ2n) is 5.69. The molecule has 1 aliphatic rings. The molecule has 4 N–H and O–H groups in total. The van der Waals surface area contributed by atoms with E-state index in [0.717, 1.165) is 11.6 Å². The highest BCUT2D eigenvalue weighted by Gasteiger charge is 2.45. The molecule has 0 spiro atoms. The first-order valence-electron chi connectivity index (χ1n) is 7.43. The maximum Gasteiger partial charge on any atom is 0.291 e. The zero-order chi connectivity index (χ0) is 17.4. The van der Waals surface area contributed by atoms with E-state index in [1.807, 2.05) is 0 Å². The molecule has 5 unspecified atom stereocenters. The number of aliphatic hydroxyl groups excluding tert-OH is 4. The molecule has 0 radical (unpaired) electrons. The number of aryl methyl sites for hydroxylation is 1. The Morgan fingerprint density at radius 1 is 1.17 bits per heavy atom. The van der Waals surface area contributed by atoms with Crippen molar-refractivity contribution < 1.29 is 34.3 Å². The van der Waals surface area contributed by atoms with E-state index in [-0.39, 0.29) is 11.4 Å². The number of rotatable bonds is 3. The van der Waals surface area contributed by atoms with E-state index in [2.05, 4.69) is 0 Å². The van der Waals surface area contributed by atoms with Gasteiger partial charge in [-0.25, -0.2) is 0 Å². The largest absolute Gasteiger partial charge is 0.432 e. The van der Waals surface area contributed by atoms with Crippen molar-refractivity contribution in [3.63, 3.8) is 0 Å². The number of aliphatic hydroxyl groups is 4. The number of benzene rings is 1. The summed E-state index contributed by atoms with van der Waals surface area (Å²) in [4.78, 5) is 12.2. The molecule has 3 rings (SSSR count). The van der Waals surface area contributed by atoms with Crippen LogP contribution in [0.3, 0.4) is 0 Å². The van der Waals surface area contributed by atoms with E-state index in [9.17, 15) is 20.1 Å². The maximum absolute atomic E-state index is 12.2. The summed E-state index contributed by atoms with van der Waals surface area (Å²) in [6.45, 7) is 1.20. The van der Waals surface area contributed by atoms with Crippen molar-refractivity contribution in [1.82, 2.24) is 0 Å². The van der Waals surface area contributed by atoms with Crippen LogP contribution < -0.4 is 10.2 Å². The van der Waals surface area contributed by atoms with Gasteiger partial charge in [-0.2, -0.15) is 0 Å². The van der Waals surface area contributed by atoms with Crippen LogP contribution in [0.25, 0.3) is 11.0 Å². The molecular weight excluding hydrogens is 320 g/mol. The fraction of sp³-hybridized carbons (Fsp3) is 0.438. The summed E-state index contributed by atoms with van der Waals surface area (Å²) in [5, 5.41) is 39.0. The number of hydrogen-bond donors (Lipinski definition) is 4. The highest BCUT2D eigenvalue weighted by atomic mass is 16.7. The summed E-state index contributed by atoms with van der Waals surface area (Å²) >= 11 is 0. The molecule has 1 saturated heterocycles. The van der Waals surface area contributed by atoms with Gasteiger partial charge in [-0.1, -0.05) is 12.1 Å². The van der Waals surface area contributed by atoms with Crippen LogP contribution in [0.1, 0.15) is 5.56 Å². The average Bonchev–Trinajstić information content (AvgIpc) is 2.55. The van der Waals surface area contributed by atoms with Gasteiger partial charge in [0.05, 0.1) is 18.1 Å². The highest BCUT2D eigenvalue weighted by molar-refractivity contribution is 5.80. The van der Waals surface area contributed by atoms with Crippen LogP contribution in [0.15, 0.2) is 33.5 Å². The summed E-state index contributed by atoms with van der Waals surface area (Å²) < 4.78 is 16.0. The van der Waals surface area contributed by atoms with Gasteiger partial charge in [0.25, 0.3) is 5.95 Å². The lowest BCUT2D eigenvalue weighted by Crippen LogP contribution is -2.60. The van der Waals surface area contributed by atoms with E-state index in [1.165, 1.54) is 0 Å². The quantitative estimate of drug-likeness (QED) is 0.577. The van der Waals surface area contributed by atoms with Gasteiger partial charge in [0, 0.05) is 0 Å². The second-order valence-corrected chi connectivity index (χ2v) is 5.69. The Bertz CT molecular complexity index is 783. The van der Waals surface area contributed by atoms with Crippen LogP contribution in [-0.2, 0) is 4.74 Å². The van der Waals surface area contributed by atoms with Gasteiger partial charge >= 0.3 is 0 Å². The molecule has 0 amide bonds. The minimum absolute atomic E-state index is 0.206. The number of ether oxygens (including phenoxy) is 2. The second kappa shape index (κ2) is 6.50. The molecule has 1 aromatic heterocycles. The van der Waals surface area contributed by atoms with Crippen molar-refractivity contribution >= 4 is 11.0 Å². The molecule has 130 valence electrons. The Balaban J connectivity index is 1.90. The van der Waals surface area contributed by atoms with E-state index in [4.69, 9.17) is 19.0 Å². The maximum atomic E-state index is 12.2. The molecule has 5 atom stereocenters. The molecule has 2 heterocycles. The van der Waals surface area contributed by atoms with Gasteiger partial charge in [-0.05, 0) is 18.6 Å². The molecule has 2 aromatic rings. The van der Waals surface area contributed by atoms with E-state index in [0.29, 0.717) is 11.0 Å². The molecular formula is C16H18O8. The molecule has 8 nitrogen and oxygen atoms in total. The van der Waals surface area contributed by atoms with Gasteiger partial charge in [-0.15, -0.1) is 0 Å². The Morgan fingerprint density at radius 3 is 2.62 bits per heavy atom. The lowest BCUT2D eigenvalue weighted by Gasteiger charge is -2.39. The SMILES string of the molecule is Cc1cccc2oc(OC3OC(CO)C(O)C(O)C3O)cc(=O)c12. The molecule has 0 aliphatic carbocycles. The van der Waals surface area contributed by atoms with Crippen LogP contribution >= 0.6 is 0 Å². The van der Waals surface area contributed by atoms with Crippen molar-refractivity contribution in [2.45, 2.75) is 37.6 Å². The van der Waals surface area contributed by atoms with Crippen molar-refractivity contribution in [2.24, 2.45) is 0 Å². The topological polar surface area (TPSA) is 130 Å². The third-order valence-electron chi connectivity index (χ3n) is 4.02. The lowest BCUT2D eigenvalue weighted by atomic mass is 9.99. The lowest BCUT2D eigenvalue weighted by molar-refractivity contribution is -0.280. The first kappa shape index (κ1) is 16.9. The number of hydrogen-bond acceptors (Lipinski definition) is 8. The van der Waals surface area contributed by atoms with Crippen molar-refractivity contribution in [3.8, 4) is 5.95 Å². The Morgan fingerprint density at radius 2 is 1.92 bits per heavy atom.